The third-order valence-corrected chi connectivity index (χ3v) is 5.01. The van der Waals surface area contributed by atoms with Gasteiger partial charge in [-0.1, -0.05) is 37.3 Å². The van der Waals surface area contributed by atoms with Gasteiger partial charge in [0.2, 0.25) is 0 Å². The van der Waals surface area contributed by atoms with Gasteiger partial charge in [-0.25, -0.2) is 4.68 Å². The topological polar surface area (TPSA) is 112 Å². The summed E-state index contributed by atoms with van der Waals surface area (Å²) in [5.74, 6) is 0.286. The van der Waals surface area contributed by atoms with Crippen molar-refractivity contribution in [2.24, 2.45) is 5.73 Å². The Morgan fingerprint density at radius 3 is 2.42 bits per heavy atom. The molecule has 1 heterocycles. The van der Waals surface area contributed by atoms with E-state index in [1.54, 1.807) is 0 Å². The van der Waals surface area contributed by atoms with Crippen LogP contribution in [0.4, 0.5) is 0 Å². The van der Waals surface area contributed by atoms with Gasteiger partial charge < -0.3 is 15.8 Å². The summed E-state index contributed by atoms with van der Waals surface area (Å²) >= 11 is 0. The Morgan fingerprint density at radius 1 is 1.13 bits per heavy atom. The molecule has 0 aliphatic rings. The van der Waals surface area contributed by atoms with Crippen molar-refractivity contribution in [2.45, 2.75) is 39.7 Å². The SMILES string of the molecule is Cc1cc(OCC(=O)N[C@@H](C)c2ccc(-n3cc(C(N)=O)nn3)cc2)ccc1C(C)C. The van der Waals surface area contributed by atoms with E-state index in [-0.39, 0.29) is 24.2 Å². The largest absolute Gasteiger partial charge is 0.484 e. The highest BCUT2D eigenvalue weighted by Crippen LogP contribution is 2.23. The molecule has 31 heavy (non-hydrogen) atoms. The molecule has 1 atom stereocenters. The standard InChI is InChI=1S/C23H27N5O3/c1-14(2)20-10-9-19(11-15(20)3)31-13-22(29)25-16(4)17-5-7-18(8-6-17)28-12-21(23(24)30)26-27-28/h5-12,14,16H,13H2,1-4H3,(H2,24,30)(H,25,29)/t16-/m0/s1. The van der Waals surface area contributed by atoms with Crippen molar-refractivity contribution in [3.8, 4) is 11.4 Å². The summed E-state index contributed by atoms with van der Waals surface area (Å²) in [5, 5.41) is 10.5. The van der Waals surface area contributed by atoms with E-state index >= 15 is 0 Å². The molecular weight excluding hydrogens is 394 g/mol. The first kappa shape index (κ1) is 22.0. The van der Waals surface area contributed by atoms with Crippen molar-refractivity contribution < 1.29 is 14.3 Å². The molecule has 0 saturated carbocycles. The predicted octanol–water partition coefficient (Wildman–Crippen LogP) is 3.05. The Kier molecular flexibility index (Phi) is 6.69. The van der Waals surface area contributed by atoms with Crippen molar-refractivity contribution in [1.29, 1.82) is 0 Å². The molecule has 3 aromatic rings. The summed E-state index contributed by atoms with van der Waals surface area (Å²) in [6.45, 7) is 8.18. The molecular formula is C23H27N5O3. The molecule has 162 valence electrons. The summed E-state index contributed by atoms with van der Waals surface area (Å²) in [6, 6.07) is 13.1. The van der Waals surface area contributed by atoms with Crippen molar-refractivity contribution in [1.82, 2.24) is 20.3 Å². The molecule has 8 heteroatoms. The molecule has 0 radical (unpaired) electrons. The Morgan fingerprint density at radius 2 is 1.84 bits per heavy atom. The number of nitrogens with two attached hydrogens (primary N) is 1. The molecule has 0 fully saturated rings. The van der Waals surface area contributed by atoms with E-state index in [4.69, 9.17) is 10.5 Å². The average Bonchev–Trinajstić information content (AvgIpc) is 3.23. The van der Waals surface area contributed by atoms with Crippen LogP contribution in [0.5, 0.6) is 5.75 Å². The number of aromatic nitrogens is 3. The average molecular weight is 422 g/mol. The minimum atomic E-state index is -0.632. The number of nitrogens with zero attached hydrogens (tertiary/aromatic N) is 3. The molecule has 1 aromatic heterocycles. The van der Waals surface area contributed by atoms with Gasteiger partial charge in [0.15, 0.2) is 12.3 Å². The number of carbonyl (C=O) groups excluding carboxylic acids is 2. The Bertz CT molecular complexity index is 1070. The molecule has 8 nitrogen and oxygen atoms in total. The highest BCUT2D eigenvalue weighted by molar-refractivity contribution is 5.90. The van der Waals surface area contributed by atoms with E-state index < -0.39 is 5.91 Å². The molecule has 0 spiro atoms. The molecule has 0 aliphatic heterocycles. The molecule has 2 aromatic carbocycles. The van der Waals surface area contributed by atoms with E-state index in [0.717, 1.165) is 16.8 Å². The van der Waals surface area contributed by atoms with Crippen LogP contribution in [0.1, 0.15) is 59.9 Å². The van der Waals surface area contributed by atoms with E-state index in [1.807, 2.05) is 56.3 Å². The molecule has 0 bridgehead atoms. The second-order valence-electron chi connectivity index (χ2n) is 7.76. The minimum absolute atomic E-state index is 0.0578. The minimum Gasteiger partial charge on any atom is -0.484 e. The van der Waals surface area contributed by atoms with Gasteiger partial charge in [-0.15, -0.1) is 5.10 Å². The van der Waals surface area contributed by atoms with Crippen molar-refractivity contribution in [2.75, 3.05) is 6.61 Å². The summed E-state index contributed by atoms with van der Waals surface area (Å²) in [7, 11) is 0. The maximum Gasteiger partial charge on any atom is 0.270 e. The zero-order valence-electron chi connectivity index (χ0n) is 18.1. The maximum absolute atomic E-state index is 12.3. The summed E-state index contributed by atoms with van der Waals surface area (Å²) in [4.78, 5) is 23.5. The predicted molar refractivity (Wildman–Crippen MR) is 117 cm³/mol. The first-order valence-corrected chi connectivity index (χ1v) is 10.1. The first-order valence-electron chi connectivity index (χ1n) is 10.1. The van der Waals surface area contributed by atoms with Gasteiger partial charge in [0, 0.05) is 0 Å². The lowest BCUT2D eigenvalue weighted by Gasteiger charge is -2.16. The van der Waals surface area contributed by atoms with Gasteiger partial charge in [-0.3, -0.25) is 9.59 Å². The van der Waals surface area contributed by atoms with E-state index in [2.05, 4.69) is 29.5 Å². The molecule has 2 amide bonds. The van der Waals surface area contributed by atoms with Crippen LogP contribution >= 0.6 is 0 Å². The number of carbonyl (C=O) groups is 2. The van der Waals surface area contributed by atoms with Crippen LogP contribution in [-0.2, 0) is 4.79 Å². The highest BCUT2D eigenvalue weighted by Gasteiger charge is 2.12. The number of rotatable bonds is 8. The van der Waals surface area contributed by atoms with Crippen LogP contribution in [0.25, 0.3) is 5.69 Å². The first-order chi connectivity index (χ1) is 14.7. The molecule has 3 N–H and O–H groups in total. The van der Waals surface area contributed by atoms with Gasteiger partial charge >= 0.3 is 0 Å². The number of ether oxygens (including phenoxy) is 1. The van der Waals surface area contributed by atoms with Crippen molar-refractivity contribution in [3.63, 3.8) is 0 Å². The summed E-state index contributed by atoms with van der Waals surface area (Å²) in [5.41, 5.74) is 9.36. The fourth-order valence-electron chi connectivity index (χ4n) is 3.32. The van der Waals surface area contributed by atoms with Crippen LogP contribution in [-0.4, -0.2) is 33.4 Å². The van der Waals surface area contributed by atoms with Gasteiger partial charge in [0.05, 0.1) is 17.9 Å². The number of aryl methyl sites for hydroxylation is 1. The third-order valence-electron chi connectivity index (χ3n) is 5.01. The van der Waals surface area contributed by atoms with E-state index in [1.165, 1.54) is 16.4 Å². The Hall–Kier alpha value is -3.68. The van der Waals surface area contributed by atoms with Crippen molar-refractivity contribution >= 4 is 11.8 Å². The normalized spacial score (nSPS) is 11.9. The number of hydrogen-bond donors (Lipinski definition) is 2. The smallest absolute Gasteiger partial charge is 0.270 e. The fourth-order valence-corrected chi connectivity index (χ4v) is 3.32. The maximum atomic E-state index is 12.3. The third kappa shape index (κ3) is 5.48. The number of hydrogen-bond acceptors (Lipinski definition) is 5. The Balaban J connectivity index is 1.55. The molecule has 0 aliphatic carbocycles. The zero-order valence-corrected chi connectivity index (χ0v) is 18.1. The summed E-state index contributed by atoms with van der Waals surface area (Å²) < 4.78 is 7.12. The fraction of sp³-hybridized carbons (Fsp3) is 0.304. The number of amides is 2. The second-order valence-corrected chi connectivity index (χ2v) is 7.76. The van der Waals surface area contributed by atoms with Crippen LogP contribution in [0.2, 0.25) is 0 Å². The van der Waals surface area contributed by atoms with Crippen LogP contribution in [0, 0.1) is 6.92 Å². The summed E-state index contributed by atoms with van der Waals surface area (Å²) in [6.07, 6.45) is 1.47. The van der Waals surface area contributed by atoms with Gasteiger partial charge in [0.1, 0.15) is 5.75 Å². The monoisotopic (exact) mass is 421 g/mol. The van der Waals surface area contributed by atoms with E-state index in [9.17, 15) is 9.59 Å². The molecule has 3 rings (SSSR count). The number of primary amides is 1. The van der Waals surface area contributed by atoms with Gasteiger partial charge in [-0.2, -0.15) is 0 Å². The van der Waals surface area contributed by atoms with E-state index in [0.29, 0.717) is 11.7 Å². The second kappa shape index (κ2) is 9.42. The van der Waals surface area contributed by atoms with Crippen molar-refractivity contribution in [3.05, 3.63) is 71.0 Å². The van der Waals surface area contributed by atoms with Gasteiger partial charge in [-0.05, 0) is 60.7 Å². The lowest BCUT2D eigenvalue weighted by Crippen LogP contribution is -2.31. The lowest BCUT2D eigenvalue weighted by molar-refractivity contribution is -0.123. The van der Waals surface area contributed by atoms with Crippen LogP contribution in [0.3, 0.4) is 0 Å². The number of nitrogens with one attached hydrogen (secondary N) is 1. The van der Waals surface area contributed by atoms with Crippen LogP contribution < -0.4 is 15.8 Å². The molecule has 0 unspecified atom stereocenters. The number of benzene rings is 2. The molecule has 0 saturated heterocycles. The zero-order chi connectivity index (χ0) is 22.5. The Labute approximate surface area is 181 Å². The lowest BCUT2D eigenvalue weighted by atomic mass is 9.98. The highest BCUT2D eigenvalue weighted by atomic mass is 16.5. The van der Waals surface area contributed by atoms with Crippen LogP contribution in [0.15, 0.2) is 48.7 Å². The quantitative estimate of drug-likeness (QED) is 0.580. The van der Waals surface area contributed by atoms with Gasteiger partial charge in [0.25, 0.3) is 11.8 Å².